The molecule has 1 heterocycles. The second-order valence-corrected chi connectivity index (χ2v) is 5.53. The van der Waals surface area contributed by atoms with Crippen LogP contribution in [0.1, 0.15) is 31.2 Å². The van der Waals surface area contributed by atoms with Gasteiger partial charge in [-0.3, -0.25) is 0 Å². The van der Waals surface area contributed by atoms with Gasteiger partial charge in [-0.1, -0.05) is 19.1 Å². The van der Waals surface area contributed by atoms with E-state index in [4.69, 9.17) is 0 Å². The predicted molar refractivity (Wildman–Crippen MR) is 72.2 cm³/mol. The number of piperidine rings is 1. The van der Waals surface area contributed by atoms with Crippen LogP contribution in [-0.4, -0.2) is 19.3 Å². The molecule has 1 aliphatic rings. The third-order valence-corrected chi connectivity index (χ3v) is 4.44. The molecule has 0 aliphatic carbocycles. The second-order valence-electron chi connectivity index (χ2n) is 4.65. The lowest BCUT2D eigenvalue weighted by Gasteiger charge is -2.28. The summed E-state index contributed by atoms with van der Waals surface area (Å²) in [6.45, 7) is 4.77. The monoisotopic (exact) mass is 235 g/mol. The first-order valence-electron chi connectivity index (χ1n) is 6.16. The van der Waals surface area contributed by atoms with Gasteiger partial charge in [0.25, 0.3) is 0 Å². The molecule has 1 saturated heterocycles. The van der Waals surface area contributed by atoms with Crippen molar-refractivity contribution in [3.8, 4) is 0 Å². The summed E-state index contributed by atoms with van der Waals surface area (Å²) in [7, 11) is 0. The van der Waals surface area contributed by atoms with Gasteiger partial charge >= 0.3 is 0 Å². The Morgan fingerprint density at radius 2 is 2.06 bits per heavy atom. The molecule has 2 rings (SSSR count). The summed E-state index contributed by atoms with van der Waals surface area (Å²) in [6, 6.07) is 9.03. The number of hydrogen-bond acceptors (Lipinski definition) is 2. The summed E-state index contributed by atoms with van der Waals surface area (Å²) >= 11 is 1.83. The Labute approximate surface area is 103 Å². The molecular weight excluding hydrogens is 214 g/mol. The van der Waals surface area contributed by atoms with Crippen molar-refractivity contribution in [1.29, 1.82) is 0 Å². The van der Waals surface area contributed by atoms with Crippen LogP contribution in [0.25, 0.3) is 0 Å². The van der Waals surface area contributed by atoms with Gasteiger partial charge in [-0.15, -0.1) is 11.8 Å². The van der Waals surface area contributed by atoms with Crippen molar-refractivity contribution in [2.45, 2.75) is 30.6 Å². The molecule has 1 fully saturated rings. The predicted octanol–water partition coefficient (Wildman–Crippen LogP) is 3.51. The third-order valence-electron chi connectivity index (χ3n) is 3.71. The first-order valence-corrected chi connectivity index (χ1v) is 7.38. The Hall–Kier alpha value is -0.470. The molecule has 1 N–H and O–H groups in total. The summed E-state index contributed by atoms with van der Waals surface area (Å²) in [5, 5.41) is 3.44. The Morgan fingerprint density at radius 3 is 2.75 bits per heavy atom. The van der Waals surface area contributed by atoms with E-state index < -0.39 is 0 Å². The van der Waals surface area contributed by atoms with Gasteiger partial charge in [-0.2, -0.15) is 0 Å². The maximum absolute atomic E-state index is 3.44. The minimum absolute atomic E-state index is 0.703. The van der Waals surface area contributed by atoms with Crippen molar-refractivity contribution in [2.75, 3.05) is 19.3 Å². The molecule has 0 spiro atoms. The van der Waals surface area contributed by atoms with Gasteiger partial charge in [0.05, 0.1) is 0 Å². The van der Waals surface area contributed by atoms with Crippen molar-refractivity contribution in [3.63, 3.8) is 0 Å². The minimum atomic E-state index is 0.703. The van der Waals surface area contributed by atoms with Crippen LogP contribution in [0.3, 0.4) is 0 Å². The lowest BCUT2D eigenvalue weighted by atomic mass is 9.82. The van der Waals surface area contributed by atoms with Gasteiger partial charge in [0.2, 0.25) is 0 Å². The molecule has 1 atom stereocenters. The Morgan fingerprint density at radius 1 is 1.31 bits per heavy atom. The van der Waals surface area contributed by atoms with Crippen LogP contribution < -0.4 is 5.32 Å². The fourth-order valence-electron chi connectivity index (χ4n) is 2.54. The Kier molecular flexibility index (Phi) is 4.30. The maximum Gasteiger partial charge on any atom is 0.00719 e. The molecule has 0 radical (unpaired) electrons. The highest BCUT2D eigenvalue weighted by Crippen LogP contribution is 2.31. The number of nitrogens with one attached hydrogen (secondary N) is 1. The summed E-state index contributed by atoms with van der Waals surface area (Å²) in [5.74, 6) is 1.56. The largest absolute Gasteiger partial charge is 0.317 e. The van der Waals surface area contributed by atoms with Crippen LogP contribution in [0.15, 0.2) is 29.2 Å². The highest BCUT2D eigenvalue weighted by Gasteiger charge is 2.21. The third kappa shape index (κ3) is 2.80. The highest BCUT2D eigenvalue weighted by atomic mass is 32.2. The molecule has 2 heteroatoms. The lowest BCUT2D eigenvalue weighted by Crippen LogP contribution is -2.30. The van der Waals surface area contributed by atoms with Crippen LogP contribution in [0.5, 0.6) is 0 Å². The van der Waals surface area contributed by atoms with Gasteiger partial charge in [0.15, 0.2) is 0 Å². The quantitative estimate of drug-likeness (QED) is 0.805. The van der Waals surface area contributed by atoms with Gasteiger partial charge in [-0.05, 0) is 61.7 Å². The summed E-state index contributed by atoms with van der Waals surface area (Å²) in [4.78, 5) is 1.39. The van der Waals surface area contributed by atoms with E-state index in [1.54, 1.807) is 0 Å². The van der Waals surface area contributed by atoms with E-state index in [2.05, 4.69) is 42.8 Å². The molecule has 0 saturated carbocycles. The standard InChI is InChI=1S/C14H21NS/c1-11(12-6-8-15-9-7-12)13-4-3-5-14(10-13)16-2/h3-5,10-12,15H,6-9H2,1-2H3. The van der Waals surface area contributed by atoms with Crippen LogP contribution in [0, 0.1) is 5.92 Å². The number of hydrogen-bond donors (Lipinski definition) is 1. The molecule has 0 aromatic heterocycles. The van der Waals surface area contributed by atoms with Gasteiger partial charge in [0, 0.05) is 4.90 Å². The Balaban J connectivity index is 2.09. The summed E-state index contributed by atoms with van der Waals surface area (Å²) in [6.07, 6.45) is 4.80. The van der Waals surface area contributed by atoms with Crippen molar-refractivity contribution in [1.82, 2.24) is 5.32 Å². The van der Waals surface area contributed by atoms with E-state index in [0.717, 1.165) is 5.92 Å². The molecule has 1 aliphatic heterocycles. The molecule has 1 aromatic rings. The fraction of sp³-hybridized carbons (Fsp3) is 0.571. The average molecular weight is 235 g/mol. The summed E-state index contributed by atoms with van der Waals surface area (Å²) < 4.78 is 0. The number of benzene rings is 1. The zero-order valence-corrected chi connectivity index (χ0v) is 11.0. The van der Waals surface area contributed by atoms with Crippen molar-refractivity contribution >= 4 is 11.8 Å². The van der Waals surface area contributed by atoms with E-state index in [1.807, 2.05) is 11.8 Å². The van der Waals surface area contributed by atoms with E-state index in [-0.39, 0.29) is 0 Å². The molecule has 1 unspecified atom stereocenters. The van der Waals surface area contributed by atoms with E-state index in [9.17, 15) is 0 Å². The highest BCUT2D eigenvalue weighted by molar-refractivity contribution is 7.98. The Bertz CT molecular complexity index is 331. The normalized spacial score (nSPS) is 19.6. The van der Waals surface area contributed by atoms with Crippen LogP contribution in [-0.2, 0) is 0 Å². The zero-order chi connectivity index (χ0) is 11.4. The van der Waals surface area contributed by atoms with Gasteiger partial charge in [-0.25, -0.2) is 0 Å². The first-order chi connectivity index (χ1) is 7.81. The van der Waals surface area contributed by atoms with Crippen LogP contribution >= 0.6 is 11.8 Å². The minimum Gasteiger partial charge on any atom is -0.317 e. The van der Waals surface area contributed by atoms with Gasteiger partial charge in [0.1, 0.15) is 0 Å². The van der Waals surface area contributed by atoms with Crippen molar-refractivity contribution in [3.05, 3.63) is 29.8 Å². The topological polar surface area (TPSA) is 12.0 Å². The van der Waals surface area contributed by atoms with Crippen molar-refractivity contribution < 1.29 is 0 Å². The first kappa shape index (κ1) is 12.0. The smallest absolute Gasteiger partial charge is 0.00719 e. The SMILES string of the molecule is CSc1cccc(C(C)C2CCNCC2)c1. The fourth-order valence-corrected chi connectivity index (χ4v) is 3.01. The molecule has 88 valence electrons. The van der Waals surface area contributed by atoms with E-state index >= 15 is 0 Å². The van der Waals surface area contributed by atoms with Crippen LogP contribution in [0.4, 0.5) is 0 Å². The molecule has 16 heavy (non-hydrogen) atoms. The van der Waals surface area contributed by atoms with E-state index in [1.165, 1.54) is 36.4 Å². The molecule has 1 aromatic carbocycles. The maximum atomic E-state index is 3.44. The molecular formula is C14H21NS. The zero-order valence-electron chi connectivity index (χ0n) is 10.2. The van der Waals surface area contributed by atoms with Crippen molar-refractivity contribution in [2.24, 2.45) is 5.92 Å². The van der Waals surface area contributed by atoms with E-state index in [0.29, 0.717) is 5.92 Å². The summed E-state index contributed by atoms with van der Waals surface area (Å²) in [5.41, 5.74) is 1.51. The molecule has 0 amide bonds. The molecule has 1 nitrogen and oxygen atoms in total. The number of rotatable bonds is 3. The number of thioether (sulfide) groups is 1. The lowest BCUT2D eigenvalue weighted by molar-refractivity contribution is 0.330. The average Bonchev–Trinajstić information content (AvgIpc) is 2.39. The molecule has 0 bridgehead atoms. The second kappa shape index (κ2) is 5.74. The van der Waals surface area contributed by atoms with Gasteiger partial charge < -0.3 is 5.32 Å². The van der Waals surface area contributed by atoms with Crippen LogP contribution in [0.2, 0.25) is 0 Å².